The molecule has 6 rings (SSSR count). The number of nitrogens with two attached hydrogens (primary N) is 2. The molecule has 1 spiro atoms. The normalized spacial score (nSPS) is 14.4. The van der Waals surface area contributed by atoms with E-state index in [0.717, 1.165) is 22.5 Å². The van der Waals surface area contributed by atoms with Gasteiger partial charge in [0.25, 0.3) is 0 Å². The van der Waals surface area contributed by atoms with Crippen LogP contribution in [0.5, 0.6) is 0 Å². The fourth-order valence-corrected chi connectivity index (χ4v) is 5.48. The van der Waals surface area contributed by atoms with Crippen molar-refractivity contribution in [1.82, 2.24) is 0 Å². The quantitative estimate of drug-likeness (QED) is 0.330. The second-order valence-electron chi connectivity index (χ2n) is 8.35. The van der Waals surface area contributed by atoms with Crippen molar-refractivity contribution in [3.8, 4) is 22.3 Å². The molecular weight excluding hydrogens is 352 g/mol. The minimum absolute atomic E-state index is 0.374. The van der Waals surface area contributed by atoms with Crippen LogP contribution in [0.2, 0.25) is 0 Å². The molecule has 2 aliphatic carbocycles. The Balaban J connectivity index is 1.88. The predicted octanol–water partition coefficient (Wildman–Crippen LogP) is 5.81. The van der Waals surface area contributed by atoms with Gasteiger partial charge in [0.05, 0.1) is 5.41 Å². The minimum Gasteiger partial charge on any atom is -0.399 e. The maximum absolute atomic E-state index is 6.45. The van der Waals surface area contributed by atoms with Crippen molar-refractivity contribution >= 4 is 11.4 Å². The van der Waals surface area contributed by atoms with Crippen LogP contribution < -0.4 is 11.5 Å². The van der Waals surface area contributed by atoms with Crippen LogP contribution in [0.25, 0.3) is 22.3 Å². The van der Waals surface area contributed by atoms with Crippen LogP contribution in [-0.2, 0) is 5.41 Å². The Hall–Kier alpha value is -3.52. The molecule has 0 saturated carbocycles. The molecule has 4 N–H and O–H groups in total. The molecule has 0 saturated heterocycles. The molecule has 4 aromatic rings. The molecule has 0 radical (unpaired) electrons. The van der Waals surface area contributed by atoms with Gasteiger partial charge in [0.1, 0.15) is 0 Å². The predicted molar refractivity (Wildman–Crippen MR) is 121 cm³/mol. The van der Waals surface area contributed by atoms with E-state index in [1.54, 1.807) is 0 Å². The molecule has 29 heavy (non-hydrogen) atoms. The van der Waals surface area contributed by atoms with Gasteiger partial charge in [-0.3, -0.25) is 0 Å². The maximum Gasteiger partial charge on any atom is 0.0727 e. The SMILES string of the molecule is Cc1cc2c(cc1N)C1(c3ccccc3-c3ccccc31)c1cc(N)c(C)cc1-2. The molecule has 0 amide bonds. The summed E-state index contributed by atoms with van der Waals surface area (Å²) in [6.07, 6.45) is 0. The van der Waals surface area contributed by atoms with E-state index in [1.807, 2.05) is 0 Å². The Morgan fingerprint density at radius 1 is 0.517 bits per heavy atom. The zero-order valence-corrected chi connectivity index (χ0v) is 16.6. The first-order valence-electron chi connectivity index (χ1n) is 10.0. The molecule has 140 valence electrons. The molecule has 2 heteroatoms. The molecule has 2 nitrogen and oxygen atoms in total. The molecule has 0 aromatic heterocycles. The molecule has 2 aliphatic rings. The van der Waals surface area contributed by atoms with E-state index in [2.05, 4.69) is 86.6 Å². The van der Waals surface area contributed by atoms with Crippen molar-refractivity contribution in [3.05, 3.63) is 106 Å². The van der Waals surface area contributed by atoms with Gasteiger partial charge in [-0.15, -0.1) is 0 Å². The second-order valence-corrected chi connectivity index (χ2v) is 8.35. The van der Waals surface area contributed by atoms with Crippen LogP contribution in [-0.4, -0.2) is 0 Å². The largest absolute Gasteiger partial charge is 0.399 e. The Morgan fingerprint density at radius 2 is 0.931 bits per heavy atom. The van der Waals surface area contributed by atoms with Gasteiger partial charge in [-0.25, -0.2) is 0 Å². The lowest BCUT2D eigenvalue weighted by molar-refractivity contribution is 0.794. The first-order chi connectivity index (χ1) is 14.0. The maximum atomic E-state index is 6.45. The van der Waals surface area contributed by atoms with E-state index in [9.17, 15) is 0 Å². The van der Waals surface area contributed by atoms with E-state index in [1.165, 1.54) is 44.5 Å². The number of anilines is 2. The van der Waals surface area contributed by atoms with Gasteiger partial charge < -0.3 is 11.5 Å². The van der Waals surface area contributed by atoms with Crippen LogP contribution in [0.3, 0.4) is 0 Å². The highest BCUT2D eigenvalue weighted by Crippen LogP contribution is 2.63. The van der Waals surface area contributed by atoms with E-state index < -0.39 is 0 Å². The first kappa shape index (κ1) is 16.4. The van der Waals surface area contributed by atoms with Crippen LogP contribution in [0, 0.1) is 13.8 Å². The van der Waals surface area contributed by atoms with Gasteiger partial charge in [-0.05, 0) is 93.7 Å². The number of aryl methyl sites for hydroxylation is 2. The summed E-state index contributed by atoms with van der Waals surface area (Å²) in [5.41, 5.74) is 26.7. The van der Waals surface area contributed by atoms with Gasteiger partial charge >= 0.3 is 0 Å². The third-order valence-electron chi connectivity index (χ3n) is 6.86. The van der Waals surface area contributed by atoms with Crippen molar-refractivity contribution in [2.24, 2.45) is 0 Å². The smallest absolute Gasteiger partial charge is 0.0727 e. The fraction of sp³-hybridized carbons (Fsp3) is 0.111. The topological polar surface area (TPSA) is 52.0 Å². The number of hydrogen-bond acceptors (Lipinski definition) is 2. The van der Waals surface area contributed by atoms with Crippen molar-refractivity contribution in [2.75, 3.05) is 11.5 Å². The number of nitrogen functional groups attached to an aromatic ring is 2. The molecule has 0 bridgehead atoms. The van der Waals surface area contributed by atoms with Crippen LogP contribution in [0.1, 0.15) is 33.4 Å². The van der Waals surface area contributed by atoms with Crippen molar-refractivity contribution in [1.29, 1.82) is 0 Å². The van der Waals surface area contributed by atoms with Gasteiger partial charge in [-0.2, -0.15) is 0 Å². The minimum atomic E-state index is -0.374. The Bertz CT molecular complexity index is 1240. The summed E-state index contributed by atoms with van der Waals surface area (Å²) in [5.74, 6) is 0. The number of rotatable bonds is 0. The summed E-state index contributed by atoms with van der Waals surface area (Å²) >= 11 is 0. The molecule has 0 fully saturated rings. The van der Waals surface area contributed by atoms with E-state index >= 15 is 0 Å². The third kappa shape index (κ3) is 1.82. The monoisotopic (exact) mass is 374 g/mol. The zero-order chi connectivity index (χ0) is 19.9. The van der Waals surface area contributed by atoms with Gasteiger partial charge in [-0.1, -0.05) is 48.5 Å². The van der Waals surface area contributed by atoms with Gasteiger partial charge in [0.15, 0.2) is 0 Å². The average molecular weight is 374 g/mol. The molecule has 0 aliphatic heterocycles. The summed E-state index contributed by atoms with van der Waals surface area (Å²) in [6, 6.07) is 26.4. The van der Waals surface area contributed by atoms with Gasteiger partial charge in [0.2, 0.25) is 0 Å². The average Bonchev–Trinajstić information content (AvgIpc) is 3.16. The molecule has 4 aromatic carbocycles. The highest BCUT2D eigenvalue weighted by molar-refractivity contribution is 5.96. The Labute approximate surface area is 170 Å². The zero-order valence-electron chi connectivity index (χ0n) is 16.6. The molecule has 0 atom stereocenters. The van der Waals surface area contributed by atoms with Crippen LogP contribution in [0.15, 0.2) is 72.8 Å². The summed E-state index contributed by atoms with van der Waals surface area (Å²) in [5, 5.41) is 0. The fourth-order valence-electron chi connectivity index (χ4n) is 5.48. The van der Waals surface area contributed by atoms with Crippen LogP contribution in [0.4, 0.5) is 11.4 Å². The first-order valence-corrected chi connectivity index (χ1v) is 10.0. The van der Waals surface area contributed by atoms with E-state index in [-0.39, 0.29) is 5.41 Å². The Kier molecular flexibility index (Phi) is 3.00. The highest BCUT2D eigenvalue weighted by atomic mass is 14.6. The highest BCUT2D eigenvalue weighted by Gasteiger charge is 2.51. The standard InChI is InChI=1S/C27H22N2/c1-15-11-19-20-12-16(2)26(29)14-24(20)27(23(19)13-25(15)28)21-9-5-3-7-17(21)18-8-4-6-10-22(18)27/h3-14H,28-29H2,1-2H3. The van der Waals surface area contributed by atoms with Crippen molar-refractivity contribution < 1.29 is 0 Å². The second kappa shape index (κ2) is 5.30. The lowest BCUT2D eigenvalue weighted by Crippen LogP contribution is -2.26. The van der Waals surface area contributed by atoms with Crippen molar-refractivity contribution in [2.45, 2.75) is 19.3 Å². The van der Waals surface area contributed by atoms with E-state index in [0.29, 0.717) is 0 Å². The number of fused-ring (bicyclic) bond motifs is 10. The molecular formula is C27H22N2. The lowest BCUT2D eigenvalue weighted by Gasteiger charge is -2.31. The summed E-state index contributed by atoms with van der Waals surface area (Å²) < 4.78 is 0. The molecule has 0 heterocycles. The summed E-state index contributed by atoms with van der Waals surface area (Å²) in [6.45, 7) is 4.17. The number of benzene rings is 4. The van der Waals surface area contributed by atoms with Crippen LogP contribution >= 0.6 is 0 Å². The lowest BCUT2D eigenvalue weighted by atomic mass is 9.70. The van der Waals surface area contributed by atoms with Crippen molar-refractivity contribution in [3.63, 3.8) is 0 Å². The summed E-state index contributed by atoms with van der Waals surface area (Å²) in [4.78, 5) is 0. The number of hydrogen-bond donors (Lipinski definition) is 2. The third-order valence-corrected chi connectivity index (χ3v) is 6.86. The summed E-state index contributed by atoms with van der Waals surface area (Å²) in [7, 11) is 0. The van der Waals surface area contributed by atoms with Gasteiger partial charge in [0, 0.05) is 11.4 Å². The molecule has 0 unspecified atom stereocenters. The van der Waals surface area contributed by atoms with E-state index in [4.69, 9.17) is 11.5 Å². The Morgan fingerprint density at radius 3 is 1.38 bits per heavy atom.